The summed E-state index contributed by atoms with van der Waals surface area (Å²) in [5.74, 6) is -2.45. The van der Waals surface area contributed by atoms with Crippen LogP contribution in [0.15, 0.2) is 36.4 Å². The molecule has 138 valence electrons. The minimum Gasteiger partial charge on any atom is -0.493 e. The molecule has 8 heteroatoms. The van der Waals surface area contributed by atoms with Crippen molar-refractivity contribution in [2.45, 2.75) is 20.0 Å². The lowest BCUT2D eigenvalue weighted by molar-refractivity contribution is 0.0959. The van der Waals surface area contributed by atoms with E-state index in [-0.39, 0.29) is 6.10 Å². The van der Waals surface area contributed by atoms with Crippen LogP contribution in [-0.2, 0) is 0 Å². The average Bonchev–Trinajstić information content (AvgIpc) is 2.55. The first-order chi connectivity index (χ1) is 12.3. The molecule has 2 aromatic carbocycles. The molecule has 0 bridgehead atoms. The van der Waals surface area contributed by atoms with Crippen LogP contribution in [0, 0.1) is 11.6 Å². The van der Waals surface area contributed by atoms with E-state index in [1.54, 1.807) is 6.07 Å². The smallest absolute Gasteiger partial charge is 0.326 e. The number of rotatable bonds is 5. The fourth-order valence-corrected chi connectivity index (χ4v) is 2.14. The van der Waals surface area contributed by atoms with Gasteiger partial charge in [0.15, 0.2) is 11.5 Å². The molecule has 2 N–H and O–H groups in total. The van der Waals surface area contributed by atoms with Gasteiger partial charge in [-0.3, -0.25) is 10.1 Å². The quantitative estimate of drug-likeness (QED) is 0.848. The summed E-state index contributed by atoms with van der Waals surface area (Å²) in [5.41, 5.74) is -0.529. The molecule has 0 aliphatic carbocycles. The molecule has 0 heterocycles. The van der Waals surface area contributed by atoms with Crippen molar-refractivity contribution in [3.8, 4) is 11.5 Å². The Morgan fingerprint density at radius 2 is 1.69 bits per heavy atom. The Balaban J connectivity index is 2.09. The van der Waals surface area contributed by atoms with Crippen molar-refractivity contribution >= 4 is 17.6 Å². The lowest BCUT2D eigenvalue weighted by Gasteiger charge is -2.15. The second kappa shape index (κ2) is 8.28. The number of carbonyl (C=O) groups is 2. The van der Waals surface area contributed by atoms with Crippen LogP contribution >= 0.6 is 0 Å². The van der Waals surface area contributed by atoms with Crippen molar-refractivity contribution in [1.82, 2.24) is 5.32 Å². The van der Waals surface area contributed by atoms with Crippen LogP contribution in [0.5, 0.6) is 11.5 Å². The third kappa shape index (κ3) is 4.69. The highest BCUT2D eigenvalue weighted by Gasteiger charge is 2.19. The van der Waals surface area contributed by atoms with Gasteiger partial charge in [0.1, 0.15) is 17.2 Å². The van der Waals surface area contributed by atoms with Crippen LogP contribution in [-0.4, -0.2) is 25.2 Å². The zero-order chi connectivity index (χ0) is 19.3. The Labute approximate surface area is 149 Å². The predicted molar refractivity (Wildman–Crippen MR) is 91.6 cm³/mol. The zero-order valence-electron chi connectivity index (χ0n) is 14.4. The maximum absolute atomic E-state index is 13.6. The molecule has 0 radical (unpaired) electrons. The molecule has 2 rings (SSSR count). The van der Waals surface area contributed by atoms with Gasteiger partial charge in [0, 0.05) is 11.8 Å². The van der Waals surface area contributed by atoms with Crippen molar-refractivity contribution in [1.29, 1.82) is 0 Å². The predicted octanol–water partition coefficient (Wildman–Crippen LogP) is 3.72. The summed E-state index contributed by atoms with van der Waals surface area (Å²) in [7, 11) is 1.44. The Morgan fingerprint density at radius 3 is 2.27 bits per heavy atom. The Kier molecular flexibility index (Phi) is 6.11. The van der Waals surface area contributed by atoms with E-state index in [4.69, 9.17) is 9.47 Å². The number of halogens is 2. The Hall–Kier alpha value is -3.16. The normalized spacial score (nSPS) is 10.4. The zero-order valence-corrected chi connectivity index (χ0v) is 14.4. The monoisotopic (exact) mass is 364 g/mol. The minimum atomic E-state index is -1.19. The van der Waals surface area contributed by atoms with Crippen LogP contribution in [0.3, 0.4) is 0 Å². The molecular weight excluding hydrogens is 346 g/mol. The molecule has 3 amide bonds. The molecule has 2 aromatic rings. The van der Waals surface area contributed by atoms with Gasteiger partial charge in [-0.1, -0.05) is 6.07 Å². The van der Waals surface area contributed by atoms with E-state index in [0.29, 0.717) is 17.2 Å². The molecule has 0 aromatic heterocycles. The van der Waals surface area contributed by atoms with E-state index in [9.17, 15) is 18.4 Å². The molecule has 0 atom stereocenters. The number of hydrogen-bond donors (Lipinski definition) is 2. The van der Waals surface area contributed by atoms with Gasteiger partial charge in [-0.25, -0.2) is 13.6 Å². The Bertz CT molecular complexity index is 805. The molecule has 0 aliphatic heterocycles. The number of amides is 3. The number of nitrogens with one attached hydrogen (secondary N) is 2. The molecule has 0 saturated heterocycles. The highest BCUT2D eigenvalue weighted by molar-refractivity contribution is 6.08. The van der Waals surface area contributed by atoms with E-state index in [1.807, 2.05) is 19.2 Å². The molecule has 6 nitrogen and oxygen atoms in total. The first kappa shape index (κ1) is 19.2. The molecule has 26 heavy (non-hydrogen) atoms. The number of benzene rings is 2. The molecule has 0 fully saturated rings. The van der Waals surface area contributed by atoms with Crippen molar-refractivity contribution < 1.29 is 27.8 Å². The molecular formula is C18H18F2N2O4. The first-order valence-electron chi connectivity index (χ1n) is 7.73. The van der Waals surface area contributed by atoms with Crippen LogP contribution < -0.4 is 20.1 Å². The fraction of sp³-hybridized carbons (Fsp3) is 0.222. The second-order valence-corrected chi connectivity index (χ2v) is 5.54. The summed E-state index contributed by atoms with van der Waals surface area (Å²) in [4.78, 5) is 23.8. The van der Waals surface area contributed by atoms with Crippen LogP contribution in [0.4, 0.5) is 19.3 Å². The van der Waals surface area contributed by atoms with Gasteiger partial charge in [-0.05, 0) is 38.1 Å². The second-order valence-electron chi connectivity index (χ2n) is 5.54. The van der Waals surface area contributed by atoms with Gasteiger partial charge in [-0.15, -0.1) is 0 Å². The summed E-state index contributed by atoms with van der Waals surface area (Å²) in [6.45, 7) is 3.71. The van der Waals surface area contributed by atoms with E-state index in [2.05, 4.69) is 5.32 Å². The van der Waals surface area contributed by atoms with Crippen LogP contribution in [0.1, 0.15) is 24.2 Å². The third-order valence-electron chi connectivity index (χ3n) is 3.20. The highest BCUT2D eigenvalue weighted by atomic mass is 19.1. The van der Waals surface area contributed by atoms with Gasteiger partial charge in [0.25, 0.3) is 5.91 Å². The summed E-state index contributed by atoms with van der Waals surface area (Å²) in [6.07, 6.45) is -0.0701. The molecule has 0 aliphatic rings. The van der Waals surface area contributed by atoms with Crippen LogP contribution in [0.25, 0.3) is 0 Å². The summed E-state index contributed by atoms with van der Waals surface area (Å²) >= 11 is 0. The van der Waals surface area contributed by atoms with E-state index in [0.717, 1.165) is 18.2 Å². The number of ether oxygens (including phenoxy) is 2. The van der Waals surface area contributed by atoms with Crippen molar-refractivity contribution in [3.63, 3.8) is 0 Å². The van der Waals surface area contributed by atoms with E-state index in [1.165, 1.54) is 19.2 Å². The number of carbonyl (C=O) groups excluding carboxylic acids is 2. The van der Waals surface area contributed by atoms with Crippen molar-refractivity contribution in [3.05, 3.63) is 53.6 Å². The third-order valence-corrected chi connectivity index (χ3v) is 3.20. The maximum atomic E-state index is 13.6. The standard InChI is InChI=1S/C18H18F2N2O4/c1-10(2)26-14-8-7-11(9-15(14)25-3)21-18(24)22-17(23)16-12(19)5-4-6-13(16)20/h4-10H,1-3H3,(H2,21,22,23,24). The summed E-state index contributed by atoms with van der Waals surface area (Å²) in [5, 5.41) is 4.26. The van der Waals surface area contributed by atoms with E-state index >= 15 is 0 Å². The van der Waals surface area contributed by atoms with Gasteiger partial charge < -0.3 is 14.8 Å². The van der Waals surface area contributed by atoms with Gasteiger partial charge in [0.2, 0.25) is 0 Å². The first-order valence-corrected chi connectivity index (χ1v) is 7.73. The van der Waals surface area contributed by atoms with E-state index < -0.39 is 29.1 Å². The SMILES string of the molecule is COc1cc(NC(=O)NC(=O)c2c(F)cccc2F)ccc1OC(C)C. The highest BCUT2D eigenvalue weighted by Crippen LogP contribution is 2.30. The number of methoxy groups -OCH3 is 1. The Morgan fingerprint density at radius 1 is 1.04 bits per heavy atom. The molecule has 0 spiro atoms. The summed E-state index contributed by atoms with van der Waals surface area (Å²) < 4.78 is 37.9. The topological polar surface area (TPSA) is 76.7 Å². The number of anilines is 1. The van der Waals surface area contributed by atoms with Gasteiger partial charge in [-0.2, -0.15) is 0 Å². The van der Waals surface area contributed by atoms with Gasteiger partial charge >= 0.3 is 6.03 Å². The minimum absolute atomic E-state index is 0.0701. The van der Waals surface area contributed by atoms with Crippen molar-refractivity contribution in [2.75, 3.05) is 12.4 Å². The van der Waals surface area contributed by atoms with Gasteiger partial charge in [0.05, 0.1) is 13.2 Å². The average molecular weight is 364 g/mol. The lowest BCUT2D eigenvalue weighted by Crippen LogP contribution is -2.35. The fourth-order valence-electron chi connectivity index (χ4n) is 2.14. The largest absolute Gasteiger partial charge is 0.493 e. The van der Waals surface area contributed by atoms with Crippen LogP contribution in [0.2, 0.25) is 0 Å². The summed E-state index contributed by atoms with van der Waals surface area (Å²) in [6, 6.07) is 6.64. The van der Waals surface area contributed by atoms with Crippen molar-refractivity contribution in [2.24, 2.45) is 0 Å². The molecule has 0 saturated carbocycles. The number of hydrogen-bond acceptors (Lipinski definition) is 4. The molecule has 0 unspecified atom stereocenters. The number of urea groups is 1. The number of imide groups is 1. The maximum Gasteiger partial charge on any atom is 0.326 e. The lowest BCUT2D eigenvalue weighted by atomic mass is 10.2.